The Bertz CT molecular complexity index is 972. The van der Waals surface area contributed by atoms with Crippen molar-refractivity contribution in [2.45, 2.75) is 50.9 Å². The highest BCUT2D eigenvalue weighted by molar-refractivity contribution is 5.61. The molecule has 0 radical (unpaired) electrons. The lowest BCUT2D eigenvalue weighted by Gasteiger charge is -2.39. The van der Waals surface area contributed by atoms with Gasteiger partial charge in [0.25, 0.3) is 0 Å². The van der Waals surface area contributed by atoms with Crippen LogP contribution in [0, 0.1) is 0 Å². The van der Waals surface area contributed by atoms with E-state index >= 15 is 0 Å². The molecule has 1 fully saturated rings. The predicted octanol–water partition coefficient (Wildman–Crippen LogP) is 4.40. The van der Waals surface area contributed by atoms with E-state index in [9.17, 15) is 0 Å². The second-order valence-electron chi connectivity index (χ2n) is 10.2. The topological polar surface area (TPSA) is 70.7 Å². The van der Waals surface area contributed by atoms with Gasteiger partial charge in [0.2, 0.25) is 0 Å². The number of rotatable bonds is 16. The maximum atomic E-state index is 6.63. The largest absolute Gasteiger partial charge is 0.494 e. The number of hydrogen-bond acceptors (Lipinski definition) is 8. The first-order valence-electron chi connectivity index (χ1n) is 14.4. The van der Waals surface area contributed by atoms with Gasteiger partial charge in [-0.1, -0.05) is 25.1 Å². The van der Waals surface area contributed by atoms with Crippen LogP contribution in [0.2, 0.25) is 0 Å². The Labute approximate surface area is 233 Å². The first-order valence-corrected chi connectivity index (χ1v) is 14.4. The molecule has 8 nitrogen and oxygen atoms in total. The van der Waals surface area contributed by atoms with Gasteiger partial charge < -0.3 is 38.6 Å². The summed E-state index contributed by atoms with van der Waals surface area (Å²) < 4.78 is 35.1. The van der Waals surface area contributed by atoms with Crippen molar-refractivity contribution in [3.05, 3.63) is 53.6 Å². The summed E-state index contributed by atoms with van der Waals surface area (Å²) in [5, 5.41) is 3.54. The maximum absolute atomic E-state index is 6.63. The smallest absolute Gasteiger partial charge is 0.142 e. The van der Waals surface area contributed by atoms with Crippen LogP contribution in [0.1, 0.15) is 43.2 Å². The number of methoxy groups -OCH3 is 2. The Morgan fingerprint density at radius 2 is 1.67 bits per heavy atom. The fourth-order valence-corrected chi connectivity index (χ4v) is 5.31. The normalized spacial score (nSPS) is 20.9. The number of anilines is 1. The summed E-state index contributed by atoms with van der Waals surface area (Å²) in [6.07, 6.45) is 2.88. The van der Waals surface area contributed by atoms with Crippen LogP contribution in [0.3, 0.4) is 0 Å². The van der Waals surface area contributed by atoms with E-state index < -0.39 is 0 Å². The van der Waals surface area contributed by atoms with Crippen LogP contribution >= 0.6 is 0 Å². The molecule has 1 saturated heterocycles. The molecule has 0 saturated carbocycles. The van der Waals surface area contributed by atoms with Crippen molar-refractivity contribution >= 4 is 5.69 Å². The minimum absolute atomic E-state index is 0.0147. The van der Waals surface area contributed by atoms with Gasteiger partial charge in [0.15, 0.2) is 0 Å². The average molecular weight is 543 g/mol. The molecule has 4 rings (SSSR count). The molecule has 39 heavy (non-hydrogen) atoms. The summed E-state index contributed by atoms with van der Waals surface area (Å²) >= 11 is 0. The summed E-state index contributed by atoms with van der Waals surface area (Å²) in [6.45, 7) is 9.65. The van der Waals surface area contributed by atoms with Gasteiger partial charge >= 0.3 is 0 Å². The number of hydrogen-bond donors (Lipinski definition) is 1. The van der Waals surface area contributed by atoms with Gasteiger partial charge in [-0.05, 0) is 48.2 Å². The van der Waals surface area contributed by atoms with Crippen molar-refractivity contribution in [1.29, 1.82) is 0 Å². The number of nitrogens with zero attached hydrogens (tertiary/aromatic N) is 1. The minimum atomic E-state index is -0.0147. The van der Waals surface area contributed by atoms with Gasteiger partial charge in [0.1, 0.15) is 18.1 Å². The highest BCUT2D eigenvalue weighted by atomic mass is 16.5. The van der Waals surface area contributed by atoms with Gasteiger partial charge in [-0.2, -0.15) is 0 Å². The molecule has 1 unspecified atom stereocenters. The monoisotopic (exact) mass is 542 g/mol. The highest BCUT2D eigenvalue weighted by Crippen LogP contribution is 2.35. The van der Waals surface area contributed by atoms with E-state index in [2.05, 4.69) is 59.6 Å². The standard InChI is InChI=1S/C31H46N2O6/c1-4-15-37-29-21-32-22-30(31(29)25-8-10-26(11-9-25)36-18-6-17-35-3)39-23-24-7-12-28-27(20-24)33(14-19-38-28)13-5-16-34-2/h7-12,20,29-32H,4-6,13-19,21-23H2,1-3H3/t29-,30+,31?/m1/s1. The van der Waals surface area contributed by atoms with Crippen LogP contribution in [0.4, 0.5) is 5.69 Å². The van der Waals surface area contributed by atoms with E-state index in [-0.39, 0.29) is 18.1 Å². The molecular weight excluding hydrogens is 496 g/mol. The molecule has 1 N–H and O–H groups in total. The Morgan fingerprint density at radius 1 is 0.897 bits per heavy atom. The summed E-state index contributed by atoms with van der Waals surface area (Å²) in [7, 11) is 3.46. The van der Waals surface area contributed by atoms with Gasteiger partial charge in [0.05, 0.1) is 37.7 Å². The molecule has 2 aliphatic rings. The zero-order valence-electron chi connectivity index (χ0n) is 23.9. The molecule has 0 spiro atoms. The lowest BCUT2D eigenvalue weighted by atomic mass is 9.85. The van der Waals surface area contributed by atoms with Crippen LogP contribution < -0.4 is 19.7 Å². The molecule has 2 aliphatic heterocycles. The summed E-state index contributed by atoms with van der Waals surface area (Å²) in [5.41, 5.74) is 3.50. The molecule has 2 aromatic rings. The van der Waals surface area contributed by atoms with Gasteiger partial charge in [0, 0.05) is 66.0 Å². The van der Waals surface area contributed by atoms with Gasteiger partial charge in [-0.3, -0.25) is 0 Å². The highest BCUT2D eigenvalue weighted by Gasteiger charge is 2.36. The molecular formula is C31H46N2O6. The summed E-state index contributed by atoms with van der Waals surface area (Å²) in [5.74, 6) is 1.95. The lowest BCUT2D eigenvalue weighted by molar-refractivity contribution is -0.0597. The molecule has 0 bridgehead atoms. The third kappa shape index (κ3) is 8.56. The minimum Gasteiger partial charge on any atom is -0.494 e. The number of piperidine rings is 1. The Morgan fingerprint density at radius 3 is 2.44 bits per heavy atom. The SMILES string of the molecule is CCCO[C@@H]1CNC[C@H](OCc2ccc3c(c2)N(CCCOC)CCO3)C1c1ccc(OCCCOC)cc1. The number of fused-ring (bicyclic) bond motifs is 1. The maximum Gasteiger partial charge on any atom is 0.142 e. The quantitative estimate of drug-likeness (QED) is 0.313. The summed E-state index contributed by atoms with van der Waals surface area (Å²) in [4.78, 5) is 2.39. The van der Waals surface area contributed by atoms with Crippen molar-refractivity contribution in [3.8, 4) is 11.5 Å². The molecule has 0 aliphatic carbocycles. The molecule has 2 aromatic carbocycles. The lowest BCUT2D eigenvalue weighted by Crippen LogP contribution is -2.50. The van der Waals surface area contributed by atoms with Crippen LogP contribution in [-0.4, -0.2) is 85.6 Å². The third-order valence-corrected chi connectivity index (χ3v) is 7.28. The van der Waals surface area contributed by atoms with Crippen LogP contribution in [0.15, 0.2) is 42.5 Å². The predicted molar refractivity (Wildman–Crippen MR) is 153 cm³/mol. The Balaban J connectivity index is 1.44. The molecule has 0 amide bonds. The van der Waals surface area contributed by atoms with E-state index in [1.54, 1.807) is 14.2 Å². The van der Waals surface area contributed by atoms with Gasteiger partial charge in [-0.15, -0.1) is 0 Å². The van der Waals surface area contributed by atoms with E-state index in [4.69, 9.17) is 28.4 Å². The Hall–Kier alpha value is -2.36. The van der Waals surface area contributed by atoms with E-state index in [1.807, 2.05) is 0 Å². The number of benzene rings is 2. The van der Waals surface area contributed by atoms with Crippen molar-refractivity contribution in [2.75, 3.05) is 78.3 Å². The average Bonchev–Trinajstić information content (AvgIpc) is 2.98. The van der Waals surface area contributed by atoms with Crippen molar-refractivity contribution in [3.63, 3.8) is 0 Å². The van der Waals surface area contributed by atoms with Crippen LogP contribution in [-0.2, 0) is 25.6 Å². The Kier molecular flexibility index (Phi) is 12.2. The van der Waals surface area contributed by atoms with Crippen molar-refractivity contribution in [1.82, 2.24) is 5.32 Å². The van der Waals surface area contributed by atoms with Crippen LogP contribution in [0.25, 0.3) is 0 Å². The van der Waals surface area contributed by atoms with E-state index in [0.29, 0.717) is 26.4 Å². The first-order chi connectivity index (χ1) is 19.2. The van der Waals surface area contributed by atoms with Crippen molar-refractivity contribution in [2.24, 2.45) is 0 Å². The second-order valence-corrected chi connectivity index (χ2v) is 10.2. The zero-order valence-corrected chi connectivity index (χ0v) is 23.9. The molecule has 216 valence electrons. The summed E-state index contributed by atoms with van der Waals surface area (Å²) in [6, 6.07) is 14.8. The number of ether oxygens (including phenoxy) is 6. The number of nitrogens with one attached hydrogen (secondary N) is 1. The van der Waals surface area contributed by atoms with E-state index in [1.165, 1.54) is 5.56 Å². The first kappa shape index (κ1) is 29.6. The molecule has 0 aromatic heterocycles. The fraction of sp³-hybridized carbons (Fsp3) is 0.613. The van der Waals surface area contributed by atoms with Crippen molar-refractivity contribution < 1.29 is 28.4 Å². The molecule has 3 atom stereocenters. The van der Waals surface area contributed by atoms with E-state index in [0.717, 1.165) is 81.4 Å². The fourth-order valence-electron chi connectivity index (χ4n) is 5.31. The second kappa shape index (κ2) is 16.0. The van der Waals surface area contributed by atoms with Gasteiger partial charge in [-0.25, -0.2) is 0 Å². The van der Waals surface area contributed by atoms with Crippen LogP contribution in [0.5, 0.6) is 11.5 Å². The molecule has 2 heterocycles. The third-order valence-electron chi connectivity index (χ3n) is 7.28. The molecule has 8 heteroatoms. The zero-order chi connectivity index (χ0) is 27.3.